The first-order valence-corrected chi connectivity index (χ1v) is 18.1. The number of aliphatic hydroxyl groups excluding tert-OH is 2. The zero-order chi connectivity index (χ0) is 34.5. The van der Waals surface area contributed by atoms with E-state index in [-0.39, 0.29) is 57.9 Å². The molecule has 0 aromatic heterocycles. The van der Waals surface area contributed by atoms with E-state index < -0.39 is 42.5 Å². The van der Waals surface area contributed by atoms with Gasteiger partial charge < -0.3 is 43.7 Å². The molecular weight excluding hydrogens is 604 g/mol. The Balaban J connectivity index is 1.26. The minimum atomic E-state index is -1.28. The van der Waals surface area contributed by atoms with Gasteiger partial charge in [-0.25, -0.2) is 0 Å². The molecule has 1 heterocycles. The predicted molar refractivity (Wildman–Crippen MR) is 173 cm³/mol. The molecule has 5 saturated carbocycles. The maximum absolute atomic E-state index is 12.5. The highest BCUT2D eigenvalue weighted by Gasteiger charge is 2.84. The highest BCUT2D eigenvalue weighted by molar-refractivity contribution is 5.66. The van der Waals surface area contributed by atoms with Crippen molar-refractivity contribution in [1.82, 2.24) is 0 Å². The van der Waals surface area contributed by atoms with Crippen molar-refractivity contribution in [2.45, 2.75) is 155 Å². The molecule has 0 bridgehead atoms. The van der Waals surface area contributed by atoms with Crippen molar-refractivity contribution in [2.24, 2.45) is 50.7 Å². The smallest absolute Gasteiger partial charge is 0.303 e. The highest BCUT2D eigenvalue weighted by atomic mass is 16.8. The zero-order valence-electron chi connectivity index (χ0n) is 30.4. The number of hydrogen-bond donors (Lipinski definition) is 3. The number of esters is 1. The van der Waals surface area contributed by atoms with Gasteiger partial charge in [-0.3, -0.25) is 4.79 Å². The average molecular weight is 667 g/mol. The van der Waals surface area contributed by atoms with Crippen LogP contribution >= 0.6 is 0 Å². The maximum Gasteiger partial charge on any atom is 0.303 e. The number of methoxy groups -OCH3 is 2. The van der Waals surface area contributed by atoms with Crippen LogP contribution in [0.4, 0.5) is 0 Å². The highest BCUT2D eigenvalue weighted by Crippen LogP contribution is 2.89. The Morgan fingerprint density at radius 1 is 1.02 bits per heavy atom. The summed E-state index contributed by atoms with van der Waals surface area (Å²) in [6.45, 7) is 16.4. The van der Waals surface area contributed by atoms with E-state index >= 15 is 0 Å². The Morgan fingerprint density at radius 2 is 1.68 bits per heavy atom. The van der Waals surface area contributed by atoms with Crippen LogP contribution < -0.4 is 0 Å². The van der Waals surface area contributed by atoms with Crippen LogP contribution in [0.15, 0.2) is 0 Å². The number of aliphatic hydroxyl groups is 3. The van der Waals surface area contributed by atoms with Crippen LogP contribution in [0.2, 0.25) is 0 Å². The van der Waals surface area contributed by atoms with E-state index in [1.54, 1.807) is 21.0 Å². The Bertz CT molecular complexity index is 1190. The van der Waals surface area contributed by atoms with Gasteiger partial charge in [0.15, 0.2) is 6.10 Å². The quantitative estimate of drug-likeness (QED) is 0.221. The van der Waals surface area contributed by atoms with Crippen LogP contribution in [0.3, 0.4) is 0 Å². The normalized spacial score (nSPS) is 48.5. The van der Waals surface area contributed by atoms with Gasteiger partial charge in [0.2, 0.25) is 12.6 Å². The number of ether oxygens (including phenoxy) is 6. The van der Waals surface area contributed by atoms with E-state index in [1.807, 2.05) is 0 Å². The van der Waals surface area contributed by atoms with Gasteiger partial charge in [-0.15, -0.1) is 0 Å². The first-order valence-electron chi connectivity index (χ1n) is 18.1. The zero-order valence-corrected chi connectivity index (χ0v) is 30.4. The van der Waals surface area contributed by atoms with Crippen molar-refractivity contribution in [3.8, 4) is 0 Å². The lowest BCUT2D eigenvalue weighted by molar-refractivity contribution is -0.314. The van der Waals surface area contributed by atoms with Crippen LogP contribution in [0.5, 0.6) is 0 Å². The minimum Gasteiger partial charge on any atom is -0.457 e. The van der Waals surface area contributed by atoms with Gasteiger partial charge in [-0.1, -0.05) is 34.6 Å². The van der Waals surface area contributed by atoms with Crippen molar-refractivity contribution < 1.29 is 48.5 Å². The van der Waals surface area contributed by atoms with E-state index in [2.05, 4.69) is 34.6 Å². The number of rotatable bonds is 10. The standard InChI is InChI=1S/C37H62O10/c1-20-17-22(29(33(5,6)41)45-21(2)38)46-27-26(20)34(7)15-16-37-18-36(37)14-13-25(47-31(30(40)43-10)44-19-42-9)32(3,4)23(36)11-12-24(37)35(34,8)28(27)39/h20,22-31,39-41H,11-19H2,1-10H3/t20-,22-,23+,24+,25+,26+,27+,28+,29+,30-,31+,34-,35-,36-,37+/m1/s1. The van der Waals surface area contributed by atoms with Gasteiger partial charge in [-0.05, 0) is 111 Å². The summed E-state index contributed by atoms with van der Waals surface area (Å²) >= 11 is 0. The Hall–Kier alpha value is -0.850. The molecule has 10 heteroatoms. The summed E-state index contributed by atoms with van der Waals surface area (Å²) < 4.78 is 35.0. The average Bonchev–Trinajstić information content (AvgIpc) is 3.62. The van der Waals surface area contributed by atoms with Gasteiger partial charge in [0.1, 0.15) is 6.79 Å². The van der Waals surface area contributed by atoms with Gasteiger partial charge in [-0.2, -0.15) is 0 Å². The molecule has 0 unspecified atom stereocenters. The predicted octanol–water partition coefficient (Wildman–Crippen LogP) is 4.80. The largest absolute Gasteiger partial charge is 0.457 e. The van der Waals surface area contributed by atoms with E-state index in [0.717, 1.165) is 38.5 Å². The molecule has 0 aromatic carbocycles. The van der Waals surface area contributed by atoms with E-state index in [9.17, 15) is 20.1 Å². The topological polar surface area (TPSA) is 133 Å². The Kier molecular flexibility index (Phi) is 9.07. The summed E-state index contributed by atoms with van der Waals surface area (Å²) in [6, 6.07) is 0. The summed E-state index contributed by atoms with van der Waals surface area (Å²) in [5.74, 6) is 0.808. The second-order valence-electron chi connectivity index (χ2n) is 17.9. The summed E-state index contributed by atoms with van der Waals surface area (Å²) in [6.07, 6.45) is 3.56. The fourth-order valence-electron chi connectivity index (χ4n) is 13.2. The molecule has 1 aliphatic heterocycles. The van der Waals surface area contributed by atoms with E-state index in [0.29, 0.717) is 18.3 Å². The summed E-state index contributed by atoms with van der Waals surface area (Å²) in [7, 11) is 2.98. The number of carbonyl (C=O) groups excluding carboxylic acids is 1. The van der Waals surface area contributed by atoms with Crippen molar-refractivity contribution in [2.75, 3.05) is 21.0 Å². The first kappa shape index (κ1) is 36.0. The molecule has 270 valence electrons. The molecule has 10 nitrogen and oxygen atoms in total. The molecular formula is C37H62O10. The number of fused-ring (bicyclic) bond motifs is 4. The lowest BCUT2D eigenvalue weighted by Gasteiger charge is -2.63. The maximum atomic E-state index is 12.5. The second kappa shape index (κ2) is 11.9. The van der Waals surface area contributed by atoms with Crippen molar-refractivity contribution >= 4 is 5.97 Å². The third kappa shape index (κ3) is 5.04. The van der Waals surface area contributed by atoms with Crippen LogP contribution in [0, 0.1) is 50.7 Å². The molecule has 6 aliphatic rings. The molecule has 1 saturated heterocycles. The molecule has 0 aromatic rings. The van der Waals surface area contributed by atoms with Crippen LogP contribution in [0.1, 0.15) is 107 Å². The van der Waals surface area contributed by atoms with Gasteiger partial charge in [0.05, 0.1) is 30.0 Å². The Labute approximate surface area is 281 Å². The number of carbonyl (C=O) groups is 1. The van der Waals surface area contributed by atoms with E-state index in [4.69, 9.17) is 28.4 Å². The number of hydrogen-bond acceptors (Lipinski definition) is 10. The second-order valence-corrected chi connectivity index (χ2v) is 17.9. The van der Waals surface area contributed by atoms with Crippen molar-refractivity contribution in [3.05, 3.63) is 0 Å². The first-order chi connectivity index (χ1) is 21.9. The molecule has 15 atom stereocenters. The Morgan fingerprint density at radius 3 is 2.30 bits per heavy atom. The molecule has 6 fully saturated rings. The third-order valence-electron chi connectivity index (χ3n) is 15.2. The summed E-state index contributed by atoms with van der Waals surface area (Å²) in [4.78, 5) is 12.1. The van der Waals surface area contributed by atoms with Crippen molar-refractivity contribution in [1.29, 1.82) is 0 Å². The minimum absolute atomic E-state index is 0.00328. The van der Waals surface area contributed by atoms with Crippen LogP contribution in [-0.2, 0) is 33.2 Å². The molecule has 5 aliphatic carbocycles. The van der Waals surface area contributed by atoms with Crippen LogP contribution in [-0.4, -0.2) is 91.0 Å². The molecule has 47 heavy (non-hydrogen) atoms. The summed E-state index contributed by atoms with van der Waals surface area (Å²) in [5, 5.41) is 34.0. The fraction of sp³-hybridized carbons (Fsp3) is 0.973. The molecule has 6 rings (SSSR count). The lowest BCUT2D eigenvalue weighted by atomic mass is 9.41. The van der Waals surface area contributed by atoms with Gasteiger partial charge in [0.25, 0.3) is 0 Å². The van der Waals surface area contributed by atoms with Gasteiger partial charge >= 0.3 is 5.97 Å². The molecule has 3 N–H and O–H groups in total. The molecule has 0 amide bonds. The molecule has 0 radical (unpaired) electrons. The summed E-state index contributed by atoms with van der Waals surface area (Å²) in [5.41, 5.74) is -1.47. The van der Waals surface area contributed by atoms with Crippen LogP contribution in [0.25, 0.3) is 0 Å². The SMILES string of the molecule is COCO[C@@H](O[C@H]1CC[C@]23C[C@]24CC[C@]2(C)[C@@H]5[C@H](O[C@@H]([C@H](OC(C)=O)C(C)(C)O)C[C@H]5C)[C@H](O)[C@@]2(C)[C@@H]4CC[C@H]3C1(C)C)[C@H](O)OC. The molecule has 2 spiro atoms. The fourth-order valence-corrected chi connectivity index (χ4v) is 13.2. The lowest BCUT2D eigenvalue weighted by Crippen LogP contribution is -2.60. The monoisotopic (exact) mass is 666 g/mol. The van der Waals surface area contributed by atoms with Gasteiger partial charge in [0, 0.05) is 26.6 Å². The van der Waals surface area contributed by atoms with E-state index in [1.165, 1.54) is 20.5 Å². The van der Waals surface area contributed by atoms with Crippen molar-refractivity contribution in [3.63, 3.8) is 0 Å². The third-order valence-corrected chi connectivity index (χ3v) is 15.2.